The topological polar surface area (TPSA) is 4.93 Å². The van der Waals surface area contributed by atoms with Crippen LogP contribution >= 0.6 is 0 Å². The predicted molar refractivity (Wildman–Crippen MR) is 120 cm³/mol. The van der Waals surface area contributed by atoms with Crippen LogP contribution in [0.3, 0.4) is 0 Å². The number of fused-ring (bicyclic) bond motifs is 6. The molecule has 0 saturated carbocycles. The largest absolute Gasteiger partial charge is 0.361 e. The minimum Gasteiger partial charge on any atom is -0.361 e. The molecule has 0 saturated heterocycles. The summed E-state index contributed by atoms with van der Waals surface area (Å²) in [6.07, 6.45) is 0. The first kappa shape index (κ1) is 18.5. The molecule has 6 rings (SSSR count). The number of aryl methyl sites for hydroxylation is 1. The number of rotatable bonds is 1. The Morgan fingerprint density at radius 2 is 1.45 bits per heavy atom. The minimum atomic E-state index is 0. The van der Waals surface area contributed by atoms with Crippen LogP contribution in [0.4, 0.5) is 0 Å². The summed E-state index contributed by atoms with van der Waals surface area (Å²) >= 11 is 0. The van der Waals surface area contributed by atoms with E-state index in [1.165, 1.54) is 49.1 Å². The Morgan fingerprint density at radius 1 is 0.690 bits per heavy atom. The second-order valence-corrected chi connectivity index (χ2v) is 7.41. The number of para-hydroxylation sites is 1. The average molecular weight is 445 g/mol. The SMILES string of the molecule is Cn1c2ccccc2c2c[c-]c3cc(-c4cccc5ccccc45)ccc3c21.[Y]. The molecule has 1 radical (unpaired) electrons. The zero-order valence-electron chi connectivity index (χ0n) is 16.2. The van der Waals surface area contributed by atoms with Crippen molar-refractivity contribution >= 4 is 43.4 Å². The van der Waals surface area contributed by atoms with Crippen molar-refractivity contribution in [2.24, 2.45) is 7.05 Å². The summed E-state index contributed by atoms with van der Waals surface area (Å²) in [6.45, 7) is 0. The molecule has 0 aliphatic rings. The summed E-state index contributed by atoms with van der Waals surface area (Å²) in [5, 5.41) is 7.52. The van der Waals surface area contributed by atoms with Gasteiger partial charge in [-0.05, 0) is 33.3 Å². The van der Waals surface area contributed by atoms with Gasteiger partial charge in [0.05, 0.1) is 0 Å². The molecule has 6 aromatic rings. The van der Waals surface area contributed by atoms with Crippen molar-refractivity contribution < 1.29 is 32.7 Å². The van der Waals surface area contributed by atoms with Crippen molar-refractivity contribution in [1.82, 2.24) is 4.57 Å². The number of benzene rings is 5. The third-order valence-electron chi connectivity index (χ3n) is 5.89. The molecular formula is C27H18NY-. The van der Waals surface area contributed by atoms with E-state index in [0.29, 0.717) is 0 Å². The van der Waals surface area contributed by atoms with Gasteiger partial charge in [0.1, 0.15) is 0 Å². The molecule has 0 bridgehead atoms. The fourth-order valence-electron chi connectivity index (χ4n) is 4.56. The van der Waals surface area contributed by atoms with Gasteiger partial charge in [-0.15, -0.1) is 23.6 Å². The molecule has 0 fully saturated rings. The van der Waals surface area contributed by atoms with Crippen molar-refractivity contribution in [2.75, 3.05) is 0 Å². The second kappa shape index (κ2) is 7.09. The van der Waals surface area contributed by atoms with Gasteiger partial charge in [0.15, 0.2) is 0 Å². The Kier molecular flexibility index (Phi) is 4.54. The van der Waals surface area contributed by atoms with Gasteiger partial charge in [-0.1, -0.05) is 89.1 Å². The van der Waals surface area contributed by atoms with E-state index in [1.54, 1.807) is 0 Å². The van der Waals surface area contributed by atoms with Crippen LogP contribution in [0, 0.1) is 6.07 Å². The minimum absolute atomic E-state index is 0. The quantitative estimate of drug-likeness (QED) is 0.238. The van der Waals surface area contributed by atoms with Crippen LogP contribution in [-0.2, 0) is 39.8 Å². The summed E-state index contributed by atoms with van der Waals surface area (Å²) < 4.78 is 2.30. The fourth-order valence-corrected chi connectivity index (χ4v) is 4.56. The van der Waals surface area contributed by atoms with Gasteiger partial charge in [-0.25, -0.2) is 0 Å². The van der Waals surface area contributed by atoms with Crippen LogP contribution in [0.25, 0.3) is 54.5 Å². The van der Waals surface area contributed by atoms with E-state index in [2.05, 4.69) is 109 Å². The summed E-state index contributed by atoms with van der Waals surface area (Å²) in [5.74, 6) is 0. The molecule has 0 N–H and O–H groups in total. The van der Waals surface area contributed by atoms with E-state index in [0.717, 1.165) is 5.39 Å². The zero-order valence-corrected chi connectivity index (χ0v) is 19.0. The first-order chi connectivity index (χ1) is 13.8. The molecule has 0 unspecified atom stereocenters. The zero-order chi connectivity index (χ0) is 18.7. The number of aromatic nitrogens is 1. The van der Waals surface area contributed by atoms with Gasteiger partial charge >= 0.3 is 0 Å². The molecule has 29 heavy (non-hydrogen) atoms. The Morgan fingerprint density at radius 3 is 2.34 bits per heavy atom. The van der Waals surface area contributed by atoms with Gasteiger partial charge in [0, 0.05) is 45.3 Å². The monoisotopic (exact) mass is 445 g/mol. The van der Waals surface area contributed by atoms with Crippen molar-refractivity contribution in [1.29, 1.82) is 0 Å². The fraction of sp³-hybridized carbons (Fsp3) is 0.0370. The van der Waals surface area contributed by atoms with Gasteiger partial charge in [0.2, 0.25) is 0 Å². The molecule has 0 aliphatic heterocycles. The maximum atomic E-state index is 3.54. The van der Waals surface area contributed by atoms with Gasteiger partial charge < -0.3 is 4.57 Å². The molecule has 5 aromatic carbocycles. The molecule has 0 atom stereocenters. The van der Waals surface area contributed by atoms with Crippen molar-refractivity contribution in [3.05, 3.63) is 97.1 Å². The van der Waals surface area contributed by atoms with Crippen LogP contribution in [0.2, 0.25) is 0 Å². The maximum Gasteiger partial charge on any atom is 0.0381 e. The third-order valence-corrected chi connectivity index (χ3v) is 5.89. The number of hydrogen-bond acceptors (Lipinski definition) is 0. The summed E-state index contributed by atoms with van der Waals surface area (Å²) in [4.78, 5) is 0. The molecular weight excluding hydrogens is 427 g/mol. The Balaban J connectivity index is 0.00000181. The first-order valence-corrected chi connectivity index (χ1v) is 9.61. The number of hydrogen-bond donors (Lipinski definition) is 0. The maximum absolute atomic E-state index is 3.54. The Bertz CT molecular complexity index is 1520. The Labute approximate surface area is 194 Å². The molecule has 1 heterocycles. The van der Waals surface area contributed by atoms with E-state index >= 15 is 0 Å². The van der Waals surface area contributed by atoms with Gasteiger partial charge in [-0.2, -0.15) is 0 Å². The molecule has 135 valence electrons. The van der Waals surface area contributed by atoms with Crippen LogP contribution in [0.15, 0.2) is 91.0 Å². The molecule has 0 aliphatic carbocycles. The summed E-state index contributed by atoms with van der Waals surface area (Å²) in [7, 11) is 2.16. The average Bonchev–Trinajstić information content (AvgIpc) is 3.06. The number of nitrogens with zero attached hydrogens (tertiary/aromatic N) is 1. The smallest absolute Gasteiger partial charge is 0.0381 e. The van der Waals surface area contributed by atoms with Gasteiger partial charge in [0.25, 0.3) is 0 Å². The van der Waals surface area contributed by atoms with E-state index in [1.807, 2.05) is 0 Å². The van der Waals surface area contributed by atoms with Crippen molar-refractivity contribution in [2.45, 2.75) is 0 Å². The second-order valence-electron chi connectivity index (χ2n) is 7.41. The summed E-state index contributed by atoms with van der Waals surface area (Å²) in [5.41, 5.74) is 5.04. The predicted octanol–water partition coefficient (Wildman–Crippen LogP) is 7.10. The van der Waals surface area contributed by atoms with E-state index in [-0.39, 0.29) is 32.7 Å². The summed E-state index contributed by atoms with van der Waals surface area (Å²) in [6, 6.07) is 36.1. The molecule has 1 aromatic heterocycles. The van der Waals surface area contributed by atoms with Gasteiger partial charge in [-0.3, -0.25) is 0 Å². The standard InChI is InChI=1S/C27H18N.Y/c1-28-26-12-5-4-10-24(26)25-16-14-20-17-19(13-15-23(20)27(25)28)22-11-6-8-18-7-2-3-9-21(18)22;/h2-13,15-17H,1H3;/q-1;. The van der Waals surface area contributed by atoms with Crippen LogP contribution < -0.4 is 0 Å². The van der Waals surface area contributed by atoms with Crippen molar-refractivity contribution in [3.63, 3.8) is 0 Å². The molecule has 0 spiro atoms. The van der Waals surface area contributed by atoms with Crippen LogP contribution in [-0.4, -0.2) is 4.57 Å². The third kappa shape index (κ3) is 2.76. The van der Waals surface area contributed by atoms with Crippen LogP contribution in [0.5, 0.6) is 0 Å². The van der Waals surface area contributed by atoms with E-state index < -0.39 is 0 Å². The molecule has 1 nitrogen and oxygen atoms in total. The van der Waals surface area contributed by atoms with E-state index in [9.17, 15) is 0 Å². The van der Waals surface area contributed by atoms with Crippen LogP contribution in [0.1, 0.15) is 0 Å². The molecule has 2 heteroatoms. The van der Waals surface area contributed by atoms with Crippen molar-refractivity contribution in [3.8, 4) is 11.1 Å². The molecule has 0 amide bonds. The first-order valence-electron chi connectivity index (χ1n) is 9.61. The Hall–Kier alpha value is -2.48. The normalized spacial score (nSPS) is 11.3. The van der Waals surface area contributed by atoms with E-state index in [4.69, 9.17) is 0 Å².